The number of rotatable bonds is 4. The van der Waals surface area contributed by atoms with Crippen molar-refractivity contribution >= 4 is 21.6 Å². The van der Waals surface area contributed by atoms with Gasteiger partial charge in [0.15, 0.2) is 0 Å². The van der Waals surface area contributed by atoms with Crippen molar-refractivity contribution in [2.75, 3.05) is 44.2 Å². The van der Waals surface area contributed by atoms with Crippen molar-refractivity contribution < 1.29 is 13.2 Å². The summed E-state index contributed by atoms with van der Waals surface area (Å²) >= 11 is 0. The third-order valence-electron chi connectivity index (χ3n) is 6.70. The van der Waals surface area contributed by atoms with Crippen LogP contribution in [-0.4, -0.2) is 62.8 Å². The van der Waals surface area contributed by atoms with Crippen molar-refractivity contribution in [3.8, 4) is 6.07 Å². The molecule has 2 heterocycles. The number of hydrogen-bond acceptors (Lipinski definition) is 5. The standard InChI is InChI=1S/C26H32N4O3S/c1-20-15-21(2)19-30(18-20)34(32,33)25-6-3-5-23(16-25)26(31)29-12-4-11-28(13-14-29)24-9-7-22(17-27)8-10-24/h3,5-10,16,20-21H,4,11-15,18-19H2,1-2H3. The molecule has 0 bridgehead atoms. The first kappa shape index (κ1) is 24.2. The molecule has 1 amide bonds. The number of piperidine rings is 1. The fourth-order valence-corrected chi connectivity index (χ4v) is 6.77. The van der Waals surface area contributed by atoms with Crippen LogP contribution in [0.5, 0.6) is 0 Å². The van der Waals surface area contributed by atoms with Gasteiger partial charge in [-0.05, 0) is 67.1 Å². The van der Waals surface area contributed by atoms with Crippen molar-refractivity contribution in [1.29, 1.82) is 5.26 Å². The summed E-state index contributed by atoms with van der Waals surface area (Å²) in [7, 11) is -3.64. The molecule has 2 aromatic rings. The summed E-state index contributed by atoms with van der Waals surface area (Å²) in [6, 6.07) is 16.1. The molecular weight excluding hydrogens is 448 g/mol. The quantitative estimate of drug-likeness (QED) is 0.668. The van der Waals surface area contributed by atoms with Gasteiger partial charge in [-0.2, -0.15) is 9.57 Å². The lowest BCUT2D eigenvalue weighted by Gasteiger charge is -2.34. The summed E-state index contributed by atoms with van der Waals surface area (Å²) < 4.78 is 28.2. The Balaban J connectivity index is 1.47. The van der Waals surface area contributed by atoms with Gasteiger partial charge in [-0.15, -0.1) is 0 Å². The van der Waals surface area contributed by atoms with E-state index >= 15 is 0 Å². The Morgan fingerprint density at radius 2 is 1.68 bits per heavy atom. The van der Waals surface area contributed by atoms with Crippen molar-refractivity contribution in [2.24, 2.45) is 11.8 Å². The summed E-state index contributed by atoms with van der Waals surface area (Å²) in [5.41, 5.74) is 2.07. The molecule has 0 aliphatic carbocycles. The fourth-order valence-electron chi connectivity index (χ4n) is 5.05. The minimum absolute atomic E-state index is 0.140. The van der Waals surface area contributed by atoms with E-state index in [2.05, 4.69) is 24.8 Å². The number of nitriles is 1. The zero-order valence-corrected chi connectivity index (χ0v) is 20.7. The van der Waals surface area contributed by atoms with E-state index < -0.39 is 10.0 Å². The van der Waals surface area contributed by atoms with Gasteiger partial charge in [0, 0.05) is 50.5 Å². The Bertz CT molecular complexity index is 1160. The van der Waals surface area contributed by atoms with Gasteiger partial charge in [0.1, 0.15) is 0 Å². The van der Waals surface area contributed by atoms with E-state index in [1.54, 1.807) is 39.5 Å². The molecule has 0 radical (unpaired) electrons. The predicted octanol–water partition coefficient (Wildman–Crippen LogP) is 3.58. The number of anilines is 1. The maximum absolute atomic E-state index is 13.3. The van der Waals surface area contributed by atoms with Crippen LogP contribution in [0.15, 0.2) is 53.4 Å². The maximum atomic E-state index is 13.3. The molecule has 2 aliphatic rings. The van der Waals surface area contributed by atoms with Gasteiger partial charge < -0.3 is 9.80 Å². The topological polar surface area (TPSA) is 84.7 Å². The highest BCUT2D eigenvalue weighted by Gasteiger charge is 2.32. The highest BCUT2D eigenvalue weighted by atomic mass is 32.2. The van der Waals surface area contributed by atoms with Gasteiger partial charge in [-0.3, -0.25) is 4.79 Å². The molecule has 7 nitrogen and oxygen atoms in total. The van der Waals surface area contributed by atoms with E-state index in [9.17, 15) is 13.2 Å². The molecule has 2 saturated heterocycles. The smallest absolute Gasteiger partial charge is 0.253 e. The lowest BCUT2D eigenvalue weighted by Crippen LogP contribution is -2.42. The molecule has 2 aliphatic heterocycles. The summed E-state index contributed by atoms with van der Waals surface area (Å²) in [5, 5.41) is 9.01. The molecule has 0 spiro atoms. The van der Waals surface area contributed by atoms with Crippen molar-refractivity contribution in [2.45, 2.75) is 31.6 Å². The average molecular weight is 481 g/mol. The first-order valence-electron chi connectivity index (χ1n) is 11.9. The molecule has 8 heteroatoms. The van der Waals surface area contributed by atoms with Crippen LogP contribution in [0.25, 0.3) is 0 Å². The number of sulfonamides is 1. The van der Waals surface area contributed by atoms with Crippen LogP contribution < -0.4 is 4.90 Å². The second kappa shape index (κ2) is 10.2. The van der Waals surface area contributed by atoms with E-state index in [-0.39, 0.29) is 10.8 Å². The molecule has 2 atom stereocenters. The van der Waals surface area contributed by atoms with E-state index in [0.717, 1.165) is 25.1 Å². The van der Waals surface area contributed by atoms with Crippen LogP contribution in [0.3, 0.4) is 0 Å². The monoisotopic (exact) mass is 480 g/mol. The molecule has 0 aromatic heterocycles. The summed E-state index contributed by atoms with van der Waals surface area (Å²) in [6.45, 7) is 7.86. The van der Waals surface area contributed by atoms with Gasteiger partial charge in [0.2, 0.25) is 10.0 Å². The highest BCUT2D eigenvalue weighted by Crippen LogP contribution is 2.27. The molecule has 0 saturated carbocycles. The summed E-state index contributed by atoms with van der Waals surface area (Å²) in [4.78, 5) is 17.5. The van der Waals surface area contributed by atoms with Gasteiger partial charge in [0.05, 0.1) is 16.5 Å². The Morgan fingerprint density at radius 1 is 0.971 bits per heavy atom. The second-order valence-electron chi connectivity index (χ2n) is 9.59. The normalized spacial score (nSPS) is 22.1. The Kier molecular flexibility index (Phi) is 7.24. The minimum atomic E-state index is -3.64. The largest absolute Gasteiger partial charge is 0.370 e. The number of nitrogens with zero attached hydrogens (tertiary/aromatic N) is 4. The minimum Gasteiger partial charge on any atom is -0.370 e. The van der Waals surface area contributed by atoms with Crippen molar-refractivity contribution in [1.82, 2.24) is 9.21 Å². The van der Waals surface area contributed by atoms with Crippen LogP contribution in [0, 0.1) is 23.2 Å². The molecule has 2 fully saturated rings. The van der Waals surface area contributed by atoms with Crippen LogP contribution in [0.1, 0.15) is 42.6 Å². The van der Waals surface area contributed by atoms with Crippen LogP contribution in [0.4, 0.5) is 5.69 Å². The zero-order valence-electron chi connectivity index (χ0n) is 19.9. The lowest BCUT2D eigenvalue weighted by atomic mass is 9.94. The zero-order chi connectivity index (χ0) is 24.3. The molecular formula is C26H32N4O3S. The molecule has 0 N–H and O–H groups in total. The van der Waals surface area contributed by atoms with Crippen LogP contribution in [-0.2, 0) is 10.0 Å². The van der Waals surface area contributed by atoms with E-state index in [1.807, 2.05) is 12.1 Å². The molecule has 34 heavy (non-hydrogen) atoms. The Labute approximate surface area is 202 Å². The number of carbonyl (C=O) groups is 1. The number of hydrogen-bond donors (Lipinski definition) is 0. The van der Waals surface area contributed by atoms with E-state index in [0.29, 0.717) is 55.7 Å². The number of benzene rings is 2. The van der Waals surface area contributed by atoms with Gasteiger partial charge >= 0.3 is 0 Å². The van der Waals surface area contributed by atoms with E-state index in [4.69, 9.17) is 5.26 Å². The lowest BCUT2D eigenvalue weighted by molar-refractivity contribution is 0.0766. The molecule has 4 rings (SSSR count). The van der Waals surface area contributed by atoms with Crippen LogP contribution in [0.2, 0.25) is 0 Å². The first-order chi connectivity index (χ1) is 16.3. The van der Waals surface area contributed by atoms with Gasteiger partial charge in [-0.1, -0.05) is 19.9 Å². The van der Waals surface area contributed by atoms with Gasteiger partial charge in [-0.25, -0.2) is 8.42 Å². The number of carbonyl (C=O) groups excluding carboxylic acids is 1. The molecule has 2 unspecified atom stereocenters. The Morgan fingerprint density at radius 3 is 2.35 bits per heavy atom. The maximum Gasteiger partial charge on any atom is 0.253 e. The van der Waals surface area contributed by atoms with Crippen molar-refractivity contribution in [3.63, 3.8) is 0 Å². The fraction of sp³-hybridized carbons (Fsp3) is 0.462. The first-order valence-corrected chi connectivity index (χ1v) is 13.4. The SMILES string of the molecule is CC1CC(C)CN(S(=O)(=O)c2cccc(C(=O)N3CCCN(c4ccc(C#N)cc4)CC3)c2)C1. The highest BCUT2D eigenvalue weighted by molar-refractivity contribution is 7.89. The Hall–Kier alpha value is -2.89. The predicted molar refractivity (Wildman–Crippen MR) is 132 cm³/mol. The summed E-state index contributed by atoms with van der Waals surface area (Å²) in [6.07, 6.45) is 1.84. The van der Waals surface area contributed by atoms with Crippen LogP contribution >= 0.6 is 0 Å². The van der Waals surface area contributed by atoms with Gasteiger partial charge in [0.25, 0.3) is 5.91 Å². The van der Waals surface area contributed by atoms with E-state index in [1.165, 1.54) is 6.07 Å². The second-order valence-corrected chi connectivity index (χ2v) is 11.5. The number of amides is 1. The molecule has 180 valence electrons. The third kappa shape index (κ3) is 5.26. The van der Waals surface area contributed by atoms with Crippen molar-refractivity contribution in [3.05, 3.63) is 59.7 Å². The molecule has 2 aromatic carbocycles. The third-order valence-corrected chi connectivity index (χ3v) is 8.53. The summed E-state index contributed by atoms with van der Waals surface area (Å²) in [5.74, 6) is 0.498. The average Bonchev–Trinajstić information content (AvgIpc) is 3.09.